The Morgan fingerprint density at radius 2 is 2.24 bits per heavy atom. The smallest absolute Gasteiger partial charge is 0.0701 e. The van der Waals surface area contributed by atoms with Gasteiger partial charge in [0.15, 0.2) is 0 Å². The molecular formula is C13H23NO2S. The molecule has 3 nitrogen and oxygen atoms in total. The van der Waals surface area contributed by atoms with Gasteiger partial charge in [-0.15, -0.1) is 11.3 Å². The second-order valence-electron chi connectivity index (χ2n) is 4.04. The lowest BCUT2D eigenvalue weighted by Crippen LogP contribution is -2.26. The highest BCUT2D eigenvalue weighted by atomic mass is 32.1. The Hall–Kier alpha value is -0.420. The summed E-state index contributed by atoms with van der Waals surface area (Å²) in [6.45, 7) is 7.38. The summed E-state index contributed by atoms with van der Waals surface area (Å²) in [5, 5.41) is 5.67. The molecule has 1 aromatic heterocycles. The minimum Gasteiger partial charge on any atom is -0.382 e. The molecule has 1 heterocycles. The Labute approximate surface area is 108 Å². The Morgan fingerprint density at radius 3 is 2.82 bits per heavy atom. The second kappa shape index (κ2) is 8.64. The number of rotatable bonds is 9. The zero-order valence-electron chi connectivity index (χ0n) is 11.0. The van der Waals surface area contributed by atoms with Crippen LogP contribution in [0, 0.1) is 6.92 Å². The first-order valence-electron chi connectivity index (χ1n) is 6.13. The zero-order valence-corrected chi connectivity index (χ0v) is 11.8. The van der Waals surface area contributed by atoms with Gasteiger partial charge in [0.25, 0.3) is 0 Å². The predicted molar refractivity (Wildman–Crippen MR) is 72.8 cm³/mol. The van der Waals surface area contributed by atoms with E-state index in [1.807, 2.05) is 0 Å². The maximum atomic E-state index is 5.63. The van der Waals surface area contributed by atoms with E-state index in [1.54, 1.807) is 18.4 Å². The third-order valence-corrected chi connectivity index (χ3v) is 3.71. The molecule has 0 bridgehead atoms. The van der Waals surface area contributed by atoms with Crippen LogP contribution in [-0.2, 0) is 9.47 Å². The Morgan fingerprint density at radius 1 is 1.41 bits per heavy atom. The van der Waals surface area contributed by atoms with Crippen LogP contribution in [0.4, 0.5) is 0 Å². The van der Waals surface area contributed by atoms with Crippen molar-refractivity contribution in [1.29, 1.82) is 0 Å². The zero-order chi connectivity index (χ0) is 12.5. The molecule has 0 aliphatic heterocycles. The van der Waals surface area contributed by atoms with Gasteiger partial charge >= 0.3 is 0 Å². The molecule has 17 heavy (non-hydrogen) atoms. The number of aryl methyl sites for hydroxylation is 1. The summed E-state index contributed by atoms with van der Waals surface area (Å²) >= 11 is 1.80. The van der Waals surface area contributed by atoms with Gasteiger partial charge in [-0.3, -0.25) is 0 Å². The first kappa shape index (κ1) is 14.6. The average Bonchev–Trinajstić information content (AvgIpc) is 2.75. The first-order chi connectivity index (χ1) is 8.29. The highest BCUT2D eigenvalue weighted by molar-refractivity contribution is 7.10. The number of thiophene rings is 1. The van der Waals surface area contributed by atoms with Gasteiger partial charge in [-0.1, -0.05) is 6.92 Å². The maximum Gasteiger partial charge on any atom is 0.0701 e. The molecule has 1 atom stereocenters. The van der Waals surface area contributed by atoms with Gasteiger partial charge in [0.05, 0.1) is 25.9 Å². The lowest BCUT2D eigenvalue weighted by atomic mass is 10.2. The van der Waals surface area contributed by atoms with Crippen LogP contribution in [0.1, 0.15) is 29.8 Å². The molecule has 0 radical (unpaired) electrons. The lowest BCUT2D eigenvalue weighted by Gasteiger charge is -2.18. The molecule has 0 amide bonds. The SMILES string of the molecule is CCCNC(COCCOC)c1sccc1C. The topological polar surface area (TPSA) is 30.5 Å². The quantitative estimate of drug-likeness (QED) is 0.690. The van der Waals surface area contributed by atoms with Crippen LogP contribution in [0.2, 0.25) is 0 Å². The van der Waals surface area contributed by atoms with Gasteiger partial charge in [-0.2, -0.15) is 0 Å². The van der Waals surface area contributed by atoms with Crippen LogP contribution in [0.3, 0.4) is 0 Å². The van der Waals surface area contributed by atoms with E-state index in [4.69, 9.17) is 9.47 Å². The minimum absolute atomic E-state index is 0.312. The predicted octanol–water partition coefficient (Wildman–Crippen LogP) is 2.76. The van der Waals surface area contributed by atoms with Crippen molar-refractivity contribution in [2.75, 3.05) is 33.5 Å². The summed E-state index contributed by atoms with van der Waals surface area (Å²) < 4.78 is 10.6. The number of ether oxygens (including phenoxy) is 2. The fourth-order valence-corrected chi connectivity index (χ4v) is 2.62. The van der Waals surface area contributed by atoms with E-state index in [1.165, 1.54) is 10.4 Å². The molecule has 0 saturated carbocycles. The average molecular weight is 257 g/mol. The highest BCUT2D eigenvalue weighted by Crippen LogP contribution is 2.24. The second-order valence-corrected chi connectivity index (χ2v) is 4.99. The van der Waals surface area contributed by atoms with Crippen LogP contribution in [0.5, 0.6) is 0 Å². The summed E-state index contributed by atoms with van der Waals surface area (Å²) in [5.74, 6) is 0. The molecular weight excluding hydrogens is 234 g/mol. The molecule has 1 N–H and O–H groups in total. The van der Waals surface area contributed by atoms with Gasteiger partial charge < -0.3 is 14.8 Å². The summed E-state index contributed by atoms with van der Waals surface area (Å²) in [6, 6.07) is 2.47. The van der Waals surface area contributed by atoms with E-state index in [9.17, 15) is 0 Å². The molecule has 4 heteroatoms. The van der Waals surface area contributed by atoms with Crippen molar-refractivity contribution in [3.8, 4) is 0 Å². The largest absolute Gasteiger partial charge is 0.382 e. The normalized spacial score (nSPS) is 12.9. The van der Waals surface area contributed by atoms with E-state index in [-0.39, 0.29) is 0 Å². The van der Waals surface area contributed by atoms with E-state index in [0.29, 0.717) is 25.9 Å². The lowest BCUT2D eigenvalue weighted by molar-refractivity contribution is 0.0590. The summed E-state index contributed by atoms with van der Waals surface area (Å²) in [4.78, 5) is 1.39. The first-order valence-corrected chi connectivity index (χ1v) is 7.01. The van der Waals surface area contributed by atoms with Gasteiger partial charge in [0.2, 0.25) is 0 Å². The Kier molecular flexibility index (Phi) is 7.44. The number of nitrogens with one attached hydrogen (secondary N) is 1. The standard InChI is InChI=1S/C13H23NO2S/c1-4-6-14-12(10-16-8-7-15-3)13-11(2)5-9-17-13/h5,9,12,14H,4,6-8,10H2,1-3H3. The van der Waals surface area contributed by atoms with Crippen LogP contribution in [-0.4, -0.2) is 33.5 Å². The van der Waals surface area contributed by atoms with Crippen molar-refractivity contribution in [3.63, 3.8) is 0 Å². The molecule has 1 unspecified atom stereocenters. The van der Waals surface area contributed by atoms with Crippen LogP contribution >= 0.6 is 11.3 Å². The van der Waals surface area contributed by atoms with Crippen LogP contribution in [0.25, 0.3) is 0 Å². The number of methoxy groups -OCH3 is 1. The maximum absolute atomic E-state index is 5.63. The van der Waals surface area contributed by atoms with Gasteiger partial charge in [-0.25, -0.2) is 0 Å². The van der Waals surface area contributed by atoms with E-state index < -0.39 is 0 Å². The molecule has 1 rings (SSSR count). The molecule has 0 spiro atoms. The monoisotopic (exact) mass is 257 g/mol. The van der Waals surface area contributed by atoms with E-state index in [2.05, 4.69) is 30.6 Å². The van der Waals surface area contributed by atoms with Crippen molar-refractivity contribution in [3.05, 3.63) is 21.9 Å². The van der Waals surface area contributed by atoms with Crippen molar-refractivity contribution in [2.45, 2.75) is 26.3 Å². The van der Waals surface area contributed by atoms with Crippen molar-refractivity contribution in [2.24, 2.45) is 0 Å². The summed E-state index contributed by atoms with van der Waals surface area (Å²) in [5.41, 5.74) is 1.35. The Balaban J connectivity index is 2.46. The Bertz CT molecular complexity index is 301. The van der Waals surface area contributed by atoms with Crippen molar-refractivity contribution >= 4 is 11.3 Å². The minimum atomic E-state index is 0.312. The molecule has 0 aromatic carbocycles. The molecule has 98 valence electrons. The third-order valence-electron chi connectivity index (χ3n) is 2.58. The summed E-state index contributed by atoms with van der Waals surface area (Å²) in [6.07, 6.45) is 1.14. The molecule has 0 fully saturated rings. The third kappa shape index (κ3) is 5.17. The molecule has 1 aromatic rings. The van der Waals surface area contributed by atoms with Crippen molar-refractivity contribution in [1.82, 2.24) is 5.32 Å². The van der Waals surface area contributed by atoms with Gasteiger partial charge in [-0.05, 0) is 36.9 Å². The molecule has 0 saturated heterocycles. The molecule has 0 aliphatic carbocycles. The number of hydrogen-bond donors (Lipinski definition) is 1. The fraction of sp³-hybridized carbons (Fsp3) is 0.692. The fourth-order valence-electron chi connectivity index (χ4n) is 1.63. The van der Waals surface area contributed by atoms with Crippen LogP contribution in [0.15, 0.2) is 11.4 Å². The van der Waals surface area contributed by atoms with E-state index >= 15 is 0 Å². The number of hydrogen-bond acceptors (Lipinski definition) is 4. The van der Waals surface area contributed by atoms with E-state index in [0.717, 1.165) is 13.0 Å². The van der Waals surface area contributed by atoms with Crippen LogP contribution < -0.4 is 5.32 Å². The summed E-state index contributed by atoms with van der Waals surface area (Å²) in [7, 11) is 1.69. The van der Waals surface area contributed by atoms with Gasteiger partial charge in [0.1, 0.15) is 0 Å². The highest BCUT2D eigenvalue weighted by Gasteiger charge is 2.14. The molecule has 0 aliphatic rings. The van der Waals surface area contributed by atoms with Crippen molar-refractivity contribution < 1.29 is 9.47 Å². The van der Waals surface area contributed by atoms with Gasteiger partial charge in [0, 0.05) is 12.0 Å².